The zero-order chi connectivity index (χ0) is 9.78. The fourth-order valence-corrected chi connectivity index (χ4v) is 1.35. The van der Waals surface area contributed by atoms with E-state index < -0.39 is 5.54 Å². The van der Waals surface area contributed by atoms with E-state index in [9.17, 15) is 0 Å². The molecule has 12 heavy (non-hydrogen) atoms. The second kappa shape index (κ2) is 4.77. The highest BCUT2D eigenvalue weighted by molar-refractivity contribution is 4.92. The molecule has 0 rings (SSSR count). The van der Waals surface area contributed by atoms with E-state index in [2.05, 4.69) is 0 Å². The van der Waals surface area contributed by atoms with Crippen LogP contribution in [0.2, 0.25) is 0 Å². The molecule has 0 heterocycles. The Morgan fingerprint density at radius 1 is 1.33 bits per heavy atom. The normalized spacial score (nSPS) is 21.5. The van der Waals surface area contributed by atoms with Gasteiger partial charge in [-0.2, -0.15) is 0 Å². The largest absolute Gasteiger partial charge is 0.330 e. The van der Waals surface area contributed by atoms with Crippen LogP contribution in [0.15, 0.2) is 0 Å². The van der Waals surface area contributed by atoms with Gasteiger partial charge in [-0.05, 0) is 33.2 Å². The molecule has 0 aromatic heterocycles. The van der Waals surface area contributed by atoms with Gasteiger partial charge in [-0.15, -0.1) is 0 Å². The lowest BCUT2D eigenvalue weighted by Gasteiger charge is -2.32. The van der Waals surface area contributed by atoms with Crippen LogP contribution in [0.5, 0.6) is 0 Å². The molecule has 0 bridgehead atoms. The van der Waals surface area contributed by atoms with Gasteiger partial charge in [-0.3, -0.25) is 0 Å². The Kier molecular flexibility index (Phi) is 4.70. The Hall–Kier alpha value is -0.160. The lowest BCUT2D eigenvalue weighted by Crippen LogP contribution is -2.55. The number of hydrogen-bond donors (Lipinski definition) is 4. The van der Waals surface area contributed by atoms with Crippen molar-refractivity contribution in [3.05, 3.63) is 0 Å². The summed E-state index contributed by atoms with van der Waals surface area (Å²) in [6, 6.07) is 0.0253. The van der Waals surface area contributed by atoms with Gasteiger partial charge in [0.25, 0.3) is 0 Å². The second-order valence-corrected chi connectivity index (χ2v) is 3.87. The van der Waals surface area contributed by atoms with Gasteiger partial charge in [-0.25, -0.2) is 0 Å². The summed E-state index contributed by atoms with van der Waals surface area (Å²) in [5.41, 5.74) is 22.5. The summed E-state index contributed by atoms with van der Waals surface area (Å²) < 4.78 is 0. The van der Waals surface area contributed by atoms with E-state index in [0.29, 0.717) is 6.54 Å². The van der Waals surface area contributed by atoms with Crippen molar-refractivity contribution in [1.82, 2.24) is 0 Å². The first-order valence-corrected chi connectivity index (χ1v) is 4.40. The first kappa shape index (κ1) is 11.8. The van der Waals surface area contributed by atoms with Crippen LogP contribution in [0.1, 0.15) is 26.7 Å². The maximum absolute atomic E-state index is 5.99. The van der Waals surface area contributed by atoms with Crippen molar-refractivity contribution in [2.75, 3.05) is 6.54 Å². The molecular formula is C8H22N4. The van der Waals surface area contributed by atoms with Crippen molar-refractivity contribution in [3.8, 4) is 0 Å². The molecule has 74 valence electrons. The van der Waals surface area contributed by atoms with E-state index >= 15 is 0 Å². The summed E-state index contributed by atoms with van der Waals surface area (Å²) in [5.74, 6) is 0. The summed E-state index contributed by atoms with van der Waals surface area (Å²) >= 11 is 0. The van der Waals surface area contributed by atoms with Crippen LogP contribution in [0.4, 0.5) is 0 Å². The maximum Gasteiger partial charge on any atom is 0.0294 e. The Morgan fingerprint density at radius 2 is 1.83 bits per heavy atom. The summed E-state index contributed by atoms with van der Waals surface area (Å²) in [7, 11) is 0. The van der Waals surface area contributed by atoms with Crippen LogP contribution >= 0.6 is 0 Å². The molecule has 3 atom stereocenters. The molecule has 4 heteroatoms. The van der Waals surface area contributed by atoms with Gasteiger partial charge in [0.1, 0.15) is 0 Å². The van der Waals surface area contributed by atoms with Gasteiger partial charge in [0, 0.05) is 17.6 Å². The van der Waals surface area contributed by atoms with E-state index in [1.165, 1.54) is 0 Å². The quantitative estimate of drug-likeness (QED) is 0.434. The van der Waals surface area contributed by atoms with Crippen molar-refractivity contribution in [3.63, 3.8) is 0 Å². The number of nitrogens with two attached hydrogens (primary N) is 4. The van der Waals surface area contributed by atoms with Crippen LogP contribution in [-0.4, -0.2) is 24.2 Å². The van der Waals surface area contributed by atoms with Crippen molar-refractivity contribution in [1.29, 1.82) is 0 Å². The molecule has 0 saturated carbocycles. The van der Waals surface area contributed by atoms with Crippen LogP contribution < -0.4 is 22.9 Å². The topological polar surface area (TPSA) is 104 Å². The predicted molar refractivity (Wildman–Crippen MR) is 52.5 cm³/mol. The Balaban J connectivity index is 3.99. The molecule has 4 nitrogen and oxygen atoms in total. The van der Waals surface area contributed by atoms with E-state index in [4.69, 9.17) is 22.9 Å². The highest BCUT2D eigenvalue weighted by atomic mass is 14.9. The Labute approximate surface area is 74.7 Å². The van der Waals surface area contributed by atoms with Crippen LogP contribution in [-0.2, 0) is 0 Å². The summed E-state index contributed by atoms with van der Waals surface area (Å²) in [4.78, 5) is 0. The molecule has 0 aromatic carbocycles. The van der Waals surface area contributed by atoms with Gasteiger partial charge < -0.3 is 22.9 Å². The average Bonchev–Trinajstić information content (AvgIpc) is 1.85. The van der Waals surface area contributed by atoms with Gasteiger partial charge in [0.15, 0.2) is 0 Å². The number of hydrogen-bond acceptors (Lipinski definition) is 4. The third kappa shape index (κ3) is 4.01. The summed E-state index contributed by atoms with van der Waals surface area (Å²) in [5, 5.41) is 0. The van der Waals surface area contributed by atoms with Gasteiger partial charge >= 0.3 is 0 Å². The summed E-state index contributed by atoms with van der Waals surface area (Å²) in [6.45, 7) is 4.43. The molecule has 0 radical (unpaired) electrons. The molecule has 3 unspecified atom stereocenters. The van der Waals surface area contributed by atoms with Gasteiger partial charge in [-0.1, -0.05) is 0 Å². The third-order valence-corrected chi connectivity index (χ3v) is 2.09. The molecule has 0 aliphatic heterocycles. The lowest BCUT2D eigenvalue weighted by atomic mass is 9.86. The predicted octanol–water partition coefficient (Wildman–Crippen LogP) is -0.883. The van der Waals surface area contributed by atoms with E-state index in [0.717, 1.165) is 12.8 Å². The minimum Gasteiger partial charge on any atom is -0.330 e. The molecule has 0 aliphatic carbocycles. The first-order valence-electron chi connectivity index (χ1n) is 4.40. The standard InChI is InChI=1S/C8H22N4/c1-6(10)5-8(2,12)7(11)3-4-9/h6-7H,3-5,9-12H2,1-2H3. The lowest BCUT2D eigenvalue weighted by molar-refractivity contribution is 0.319. The fourth-order valence-electron chi connectivity index (χ4n) is 1.35. The molecule has 8 N–H and O–H groups in total. The minimum absolute atomic E-state index is 0.0616. The van der Waals surface area contributed by atoms with E-state index in [-0.39, 0.29) is 12.1 Å². The van der Waals surface area contributed by atoms with E-state index in [1.54, 1.807) is 0 Å². The monoisotopic (exact) mass is 174 g/mol. The second-order valence-electron chi connectivity index (χ2n) is 3.87. The molecule has 0 aliphatic rings. The fraction of sp³-hybridized carbons (Fsp3) is 1.00. The maximum atomic E-state index is 5.99. The SMILES string of the molecule is CC(N)CC(C)(N)C(N)CCN. The average molecular weight is 174 g/mol. The van der Waals surface area contributed by atoms with E-state index in [1.807, 2.05) is 13.8 Å². The molecule has 0 saturated heterocycles. The Morgan fingerprint density at radius 3 is 2.17 bits per heavy atom. The Bertz CT molecular complexity index is 122. The van der Waals surface area contributed by atoms with Crippen LogP contribution in [0.3, 0.4) is 0 Å². The van der Waals surface area contributed by atoms with Gasteiger partial charge in [0.05, 0.1) is 0 Å². The van der Waals surface area contributed by atoms with Crippen molar-refractivity contribution >= 4 is 0 Å². The molecular weight excluding hydrogens is 152 g/mol. The van der Waals surface area contributed by atoms with Gasteiger partial charge in [0.2, 0.25) is 0 Å². The van der Waals surface area contributed by atoms with Crippen LogP contribution in [0, 0.1) is 0 Å². The van der Waals surface area contributed by atoms with Crippen molar-refractivity contribution in [2.24, 2.45) is 22.9 Å². The molecule has 0 amide bonds. The minimum atomic E-state index is -0.395. The zero-order valence-corrected chi connectivity index (χ0v) is 8.09. The molecule has 0 spiro atoms. The van der Waals surface area contributed by atoms with Crippen molar-refractivity contribution in [2.45, 2.75) is 44.3 Å². The third-order valence-electron chi connectivity index (χ3n) is 2.09. The molecule has 0 fully saturated rings. The summed E-state index contributed by atoms with van der Waals surface area (Å²) in [6.07, 6.45) is 1.48. The van der Waals surface area contributed by atoms with Crippen molar-refractivity contribution < 1.29 is 0 Å². The first-order chi connectivity index (χ1) is 5.40. The molecule has 0 aromatic rings. The number of rotatable bonds is 5. The zero-order valence-electron chi connectivity index (χ0n) is 8.09. The highest BCUT2D eigenvalue weighted by Crippen LogP contribution is 2.13. The van der Waals surface area contributed by atoms with Crippen LogP contribution in [0.25, 0.3) is 0 Å². The smallest absolute Gasteiger partial charge is 0.0294 e. The highest BCUT2D eigenvalue weighted by Gasteiger charge is 2.27.